The van der Waals surface area contributed by atoms with Gasteiger partial charge in [-0.05, 0) is 61.5 Å². The molecule has 4 aromatic rings. The van der Waals surface area contributed by atoms with Gasteiger partial charge in [0.05, 0.1) is 18.2 Å². The first-order chi connectivity index (χ1) is 14.0. The monoisotopic (exact) mass is 385 g/mol. The molecule has 144 valence electrons. The average Bonchev–Trinajstić information content (AvgIpc) is 2.74. The lowest BCUT2D eigenvalue weighted by Gasteiger charge is -2.07. The van der Waals surface area contributed by atoms with E-state index in [2.05, 4.69) is 0 Å². The Hall–Kier alpha value is -3.86. The van der Waals surface area contributed by atoms with Gasteiger partial charge in [0.25, 0.3) is 0 Å². The van der Waals surface area contributed by atoms with Crippen LogP contribution >= 0.6 is 0 Å². The van der Waals surface area contributed by atoms with Gasteiger partial charge in [-0.3, -0.25) is 4.79 Å². The van der Waals surface area contributed by atoms with Gasteiger partial charge < -0.3 is 14.3 Å². The molecule has 5 nitrogen and oxygen atoms in total. The lowest BCUT2D eigenvalue weighted by molar-refractivity contribution is 0.101. The van der Waals surface area contributed by atoms with E-state index in [9.17, 15) is 9.90 Å². The number of carbonyl (C=O) groups is 1. The normalized spacial score (nSPS) is 11.6. The van der Waals surface area contributed by atoms with Crippen LogP contribution in [0.25, 0.3) is 22.3 Å². The minimum Gasteiger partial charge on any atom is -0.508 e. The van der Waals surface area contributed by atoms with Gasteiger partial charge in [0.2, 0.25) is 0 Å². The summed E-state index contributed by atoms with van der Waals surface area (Å²) < 4.78 is 11.3. The largest absolute Gasteiger partial charge is 0.508 e. The third-order valence-corrected chi connectivity index (χ3v) is 4.60. The van der Waals surface area contributed by atoms with Crippen molar-refractivity contribution < 1.29 is 19.1 Å². The molecule has 0 saturated carbocycles. The number of rotatable bonds is 4. The van der Waals surface area contributed by atoms with E-state index in [0.29, 0.717) is 33.3 Å². The van der Waals surface area contributed by atoms with Gasteiger partial charge in [-0.1, -0.05) is 12.1 Å². The maximum Gasteiger partial charge on any atom is 0.159 e. The van der Waals surface area contributed by atoms with Gasteiger partial charge in [0.15, 0.2) is 5.78 Å². The highest BCUT2D eigenvalue weighted by Gasteiger charge is 2.08. The molecule has 29 heavy (non-hydrogen) atoms. The minimum atomic E-state index is -0.0217. The van der Waals surface area contributed by atoms with Crippen LogP contribution < -0.4 is 10.1 Å². The number of aromatic hydroxyl groups is 1. The van der Waals surface area contributed by atoms with Gasteiger partial charge in [-0.25, -0.2) is 4.99 Å². The van der Waals surface area contributed by atoms with Crippen molar-refractivity contribution in [3.8, 4) is 22.8 Å². The van der Waals surface area contributed by atoms with Crippen LogP contribution in [0.2, 0.25) is 0 Å². The number of hydrogen-bond acceptors (Lipinski definition) is 5. The summed E-state index contributed by atoms with van der Waals surface area (Å²) in [5.41, 5.74) is 2.70. The topological polar surface area (TPSA) is 72.0 Å². The van der Waals surface area contributed by atoms with Crippen LogP contribution in [-0.2, 0) is 0 Å². The van der Waals surface area contributed by atoms with Crippen LogP contribution in [0.15, 0.2) is 82.2 Å². The number of carbonyl (C=O) groups excluding carboxylic acids is 1. The average molecular weight is 385 g/mol. The molecule has 0 aliphatic carbocycles. The highest BCUT2D eigenvalue weighted by molar-refractivity contribution is 5.94. The molecule has 5 heteroatoms. The summed E-state index contributed by atoms with van der Waals surface area (Å²) in [5, 5.41) is 11.2. The van der Waals surface area contributed by atoms with Crippen molar-refractivity contribution in [2.45, 2.75) is 6.92 Å². The predicted molar refractivity (Wildman–Crippen MR) is 112 cm³/mol. The number of hydrogen-bond donors (Lipinski definition) is 1. The number of fused-ring (bicyclic) bond motifs is 1. The number of phenolic OH excluding ortho intramolecular Hbond substituents is 1. The second kappa shape index (κ2) is 7.64. The van der Waals surface area contributed by atoms with Gasteiger partial charge >= 0.3 is 0 Å². The molecule has 0 bridgehead atoms. The first kappa shape index (κ1) is 18.5. The van der Waals surface area contributed by atoms with Crippen LogP contribution in [0.4, 0.5) is 5.69 Å². The number of benzene rings is 3. The molecule has 1 aromatic heterocycles. The molecule has 0 saturated heterocycles. The summed E-state index contributed by atoms with van der Waals surface area (Å²) in [7, 11) is 1.62. The summed E-state index contributed by atoms with van der Waals surface area (Å²) >= 11 is 0. The van der Waals surface area contributed by atoms with E-state index < -0.39 is 0 Å². The number of methoxy groups -OCH3 is 1. The number of ketones is 1. The first-order valence-corrected chi connectivity index (χ1v) is 9.10. The van der Waals surface area contributed by atoms with Gasteiger partial charge in [-0.2, -0.15) is 0 Å². The second-order valence-electron chi connectivity index (χ2n) is 6.62. The van der Waals surface area contributed by atoms with Crippen LogP contribution in [0.5, 0.6) is 11.5 Å². The van der Waals surface area contributed by atoms with Crippen molar-refractivity contribution in [1.82, 2.24) is 0 Å². The van der Waals surface area contributed by atoms with Crippen LogP contribution in [0.3, 0.4) is 0 Å². The quantitative estimate of drug-likeness (QED) is 0.487. The van der Waals surface area contributed by atoms with E-state index in [-0.39, 0.29) is 11.5 Å². The fraction of sp³-hybridized carbons (Fsp3) is 0.0833. The molecule has 1 heterocycles. The summed E-state index contributed by atoms with van der Waals surface area (Å²) in [4.78, 5) is 16.4. The summed E-state index contributed by atoms with van der Waals surface area (Å²) in [6, 6.07) is 21.4. The third kappa shape index (κ3) is 3.89. The lowest BCUT2D eigenvalue weighted by Crippen LogP contribution is -2.03. The fourth-order valence-electron chi connectivity index (χ4n) is 3.08. The van der Waals surface area contributed by atoms with Gasteiger partial charge in [0, 0.05) is 22.6 Å². The van der Waals surface area contributed by atoms with Crippen LogP contribution in [-0.4, -0.2) is 18.0 Å². The Morgan fingerprint density at radius 1 is 1.00 bits per heavy atom. The summed E-state index contributed by atoms with van der Waals surface area (Å²) in [5.74, 6) is 1.49. The van der Waals surface area contributed by atoms with E-state index in [4.69, 9.17) is 14.1 Å². The zero-order valence-electron chi connectivity index (χ0n) is 16.0. The van der Waals surface area contributed by atoms with Crippen molar-refractivity contribution in [1.29, 1.82) is 0 Å². The maximum atomic E-state index is 11.7. The fourth-order valence-corrected chi connectivity index (χ4v) is 3.08. The van der Waals surface area contributed by atoms with E-state index in [0.717, 1.165) is 11.3 Å². The Kier molecular flexibility index (Phi) is 4.87. The van der Waals surface area contributed by atoms with Crippen molar-refractivity contribution in [3.63, 3.8) is 0 Å². The van der Waals surface area contributed by atoms with Gasteiger partial charge in [0.1, 0.15) is 22.8 Å². The molecule has 4 rings (SSSR count). The molecule has 0 amide bonds. The lowest BCUT2D eigenvalue weighted by atomic mass is 10.1. The van der Waals surface area contributed by atoms with E-state index in [1.54, 1.807) is 43.5 Å². The molecular weight excluding hydrogens is 366 g/mol. The standard InChI is InChI=1S/C24H19NO4/c1-15(26)17-4-3-5-18(12-17)25-22-14-24(16-6-9-20(28-2)10-7-16)29-23-11-8-19(27)13-21(22)23/h3-14,27H,1-2H3. The highest BCUT2D eigenvalue weighted by atomic mass is 16.5. The molecule has 0 fully saturated rings. The summed E-state index contributed by atoms with van der Waals surface area (Å²) in [6.45, 7) is 1.52. The zero-order chi connectivity index (χ0) is 20.4. The smallest absolute Gasteiger partial charge is 0.159 e. The zero-order valence-corrected chi connectivity index (χ0v) is 16.0. The Morgan fingerprint density at radius 2 is 1.79 bits per heavy atom. The van der Waals surface area contributed by atoms with Crippen molar-refractivity contribution in [3.05, 3.63) is 83.7 Å². The minimum absolute atomic E-state index is 0.0217. The number of Topliss-reactive ketones (excluding diaryl/α,β-unsaturated/α-hetero) is 1. The molecule has 0 radical (unpaired) electrons. The van der Waals surface area contributed by atoms with Crippen LogP contribution in [0, 0.1) is 0 Å². The van der Waals surface area contributed by atoms with Crippen molar-refractivity contribution >= 4 is 22.4 Å². The molecule has 1 N–H and O–H groups in total. The molecule has 0 unspecified atom stereocenters. The molecule has 0 atom stereocenters. The Morgan fingerprint density at radius 3 is 2.52 bits per heavy atom. The molecule has 0 aliphatic heterocycles. The Labute approximate surface area is 167 Å². The van der Waals surface area contributed by atoms with E-state index in [1.807, 2.05) is 36.4 Å². The highest BCUT2D eigenvalue weighted by Crippen LogP contribution is 2.26. The Balaban J connectivity index is 1.94. The number of ether oxygens (including phenoxy) is 1. The second-order valence-corrected chi connectivity index (χ2v) is 6.62. The molecule has 3 aromatic carbocycles. The van der Waals surface area contributed by atoms with Gasteiger partial charge in [-0.15, -0.1) is 0 Å². The van der Waals surface area contributed by atoms with Crippen molar-refractivity contribution in [2.75, 3.05) is 7.11 Å². The Bertz CT molecular complexity index is 1270. The summed E-state index contributed by atoms with van der Waals surface area (Å²) in [6.07, 6.45) is 0. The molecule has 0 aliphatic rings. The SMILES string of the molecule is COc1ccc(-c2cc(=Nc3cccc(C(C)=O)c3)c3cc(O)ccc3o2)cc1. The molecular formula is C24H19NO4. The van der Waals surface area contributed by atoms with Crippen molar-refractivity contribution in [2.24, 2.45) is 4.99 Å². The number of phenols is 1. The van der Waals surface area contributed by atoms with E-state index in [1.165, 1.54) is 6.92 Å². The van der Waals surface area contributed by atoms with Crippen LogP contribution in [0.1, 0.15) is 17.3 Å². The number of nitrogens with zero attached hydrogens (tertiary/aromatic N) is 1. The maximum absolute atomic E-state index is 11.7. The molecule has 0 spiro atoms. The first-order valence-electron chi connectivity index (χ1n) is 9.10. The third-order valence-electron chi connectivity index (χ3n) is 4.60. The predicted octanol–water partition coefficient (Wildman–Crippen LogP) is 5.25. The van der Waals surface area contributed by atoms with E-state index >= 15 is 0 Å².